The Kier molecular flexibility index (Phi) is 6.12. The lowest BCUT2D eigenvalue weighted by molar-refractivity contribution is 0.270. The third-order valence-corrected chi connectivity index (χ3v) is 6.36. The summed E-state index contributed by atoms with van der Waals surface area (Å²) in [4.78, 5) is 42.8. The molecule has 0 saturated carbocycles. The van der Waals surface area contributed by atoms with Crippen molar-refractivity contribution in [1.29, 1.82) is 0 Å². The Balaban J connectivity index is 1.42. The number of aryl methyl sites for hydroxylation is 3. The number of nitrogens with one attached hydrogen (secondary N) is 2. The molecule has 5 rings (SSSR count). The van der Waals surface area contributed by atoms with Gasteiger partial charge in [0.1, 0.15) is 0 Å². The highest BCUT2D eigenvalue weighted by Crippen LogP contribution is 2.23. The molecule has 4 heterocycles. The summed E-state index contributed by atoms with van der Waals surface area (Å²) in [6, 6.07) is 7.51. The predicted octanol–water partition coefficient (Wildman–Crippen LogP) is 2.98. The van der Waals surface area contributed by atoms with Crippen LogP contribution in [0.5, 0.6) is 0 Å². The van der Waals surface area contributed by atoms with Gasteiger partial charge >= 0.3 is 0 Å². The first kappa shape index (κ1) is 22.9. The lowest BCUT2D eigenvalue weighted by atomic mass is 10.1. The van der Waals surface area contributed by atoms with E-state index in [1.165, 1.54) is 6.07 Å². The van der Waals surface area contributed by atoms with Gasteiger partial charge in [-0.15, -0.1) is 0 Å². The first-order chi connectivity index (χ1) is 16.9. The molecule has 2 N–H and O–H groups in total. The van der Waals surface area contributed by atoms with Crippen LogP contribution in [0.3, 0.4) is 0 Å². The normalized spacial score (nSPS) is 14.5. The van der Waals surface area contributed by atoms with Gasteiger partial charge in [0, 0.05) is 49.4 Å². The van der Waals surface area contributed by atoms with Gasteiger partial charge in [-0.25, -0.2) is 24.9 Å². The number of rotatable bonds is 5. The van der Waals surface area contributed by atoms with Gasteiger partial charge in [-0.1, -0.05) is 19.1 Å². The Morgan fingerprint density at radius 3 is 2.51 bits per heavy atom. The summed E-state index contributed by atoms with van der Waals surface area (Å²) < 4.78 is 0. The number of aromatic nitrogens is 6. The summed E-state index contributed by atoms with van der Waals surface area (Å²) in [5.74, 6) is 1.34. The Morgan fingerprint density at radius 2 is 1.77 bits per heavy atom. The highest BCUT2D eigenvalue weighted by atomic mass is 16.1. The number of aromatic amines is 1. The SMILES string of the molecule is CCN1CCN(c2ncc(-c3cc(=O)[nH]c(Nc4nc(C)c5ccc(C)cc5n4)n3)c(C)n2)CC1. The summed E-state index contributed by atoms with van der Waals surface area (Å²) in [6.07, 6.45) is 1.74. The second-order valence-corrected chi connectivity index (χ2v) is 8.85. The molecular formula is C25H29N9O. The monoisotopic (exact) mass is 471 g/mol. The molecule has 0 radical (unpaired) electrons. The Bertz CT molecular complexity index is 1440. The van der Waals surface area contributed by atoms with Crippen molar-refractivity contribution in [3.05, 3.63) is 57.8 Å². The number of hydrogen-bond acceptors (Lipinski definition) is 9. The van der Waals surface area contributed by atoms with Crippen LogP contribution in [0.25, 0.3) is 22.2 Å². The number of H-pyrrole nitrogens is 1. The van der Waals surface area contributed by atoms with Crippen molar-refractivity contribution >= 4 is 28.7 Å². The molecule has 1 aliphatic rings. The smallest absolute Gasteiger partial charge is 0.252 e. The van der Waals surface area contributed by atoms with Crippen LogP contribution in [-0.4, -0.2) is 67.5 Å². The molecule has 0 aliphatic carbocycles. The number of piperazine rings is 1. The van der Waals surface area contributed by atoms with Crippen molar-refractivity contribution in [3.8, 4) is 11.3 Å². The molecule has 4 aromatic rings. The zero-order chi connectivity index (χ0) is 24.5. The van der Waals surface area contributed by atoms with Gasteiger partial charge in [0.25, 0.3) is 5.56 Å². The minimum absolute atomic E-state index is 0.262. The summed E-state index contributed by atoms with van der Waals surface area (Å²) in [5.41, 5.74) is 4.47. The minimum Gasteiger partial charge on any atom is -0.338 e. The molecule has 1 saturated heterocycles. The van der Waals surface area contributed by atoms with Crippen LogP contribution in [0, 0.1) is 20.8 Å². The molecule has 10 nitrogen and oxygen atoms in total. The van der Waals surface area contributed by atoms with Gasteiger partial charge in [-0.3, -0.25) is 15.1 Å². The van der Waals surface area contributed by atoms with Crippen molar-refractivity contribution < 1.29 is 0 Å². The summed E-state index contributed by atoms with van der Waals surface area (Å²) in [7, 11) is 0. The summed E-state index contributed by atoms with van der Waals surface area (Å²) >= 11 is 0. The largest absolute Gasteiger partial charge is 0.338 e. The Morgan fingerprint density at radius 1 is 0.971 bits per heavy atom. The van der Waals surface area contributed by atoms with E-state index >= 15 is 0 Å². The number of anilines is 3. The van der Waals surface area contributed by atoms with Gasteiger partial charge in [0.05, 0.1) is 22.6 Å². The van der Waals surface area contributed by atoms with Gasteiger partial charge in [0.15, 0.2) is 0 Å². The van der Waals surface area contributed by atoms with E-state index < -0.39 is 0 Å². The molecular weight excluding hydrogens is 442 g/mol. The van der Waals surface area contributed by atoms with E-state index in [0.717, 1.165) is 60.6 Å². The van der Waals surface area contributed by atoms with Crippen LogP contribution in [0.1, 0.15) is 23.9 Å². The zero-order valence-electron chi connectivity index (χ0n) is 20.5. The zero-order valence-corrected chi connectivity index (χ0v) is 20.5. The molecule has 10 heteroatoms. The van der Waals surface area contributed by atoms with Gasteiger partial charge < -0.3 is 9.80 Å². The summed E-state index contributed by atoms with van der Waals surface area (Å²) in [6.45, 7) is 12.9. The molecule has 180 valence electrons. The molecule has 0 spiro atoms. The van der Waals surface area contributed by atoms with Crippen LogP contribution in [-0.2, 0) is 0 Å². The van der Waals surface area contributed by atoms with Crippen molar-refractivity contribution in [2.75, 3.05) is 42.9 Å². The number of benzene rings is 1. The maximum atomic E-state index is 12.5. The lowest BCUT2D eigenvalue weighted by Crippen LogP contribution is -2.46. The average Bonchev–Trinajstić information content (AvgIpc) is 2.83. The number of likely N-dealkylation sites (N-methyl/N-ethyl adjacent to an activating group) is 1. The average molecular weight is 472 g/mol. The van der Waals surface area contributed by atoms with Crippen LogP contribution in [0.15, 0.2) is 35.3 Å². The number of nitrogens with zero attached hydrogens (tertiary/aromatic N) is 7. The second kappa shape index (κ2) is 9.38. The molecule has 0 atom stereocenters. The van der Waals surface area contributed by atoms with Crippen LogP contribution in [0.4, 0.5) is 17.8 Å². The highest BCUT2D eigenvalue weighted by Gasteiger charge is 2.19. The molecule has 0 unspecified atom stereocenters. The first-order valence-corrected chi connectivity index (χ1v) is 11.8. The molecule has 35 heavy (non-hydrogen) atoms. The van der Waals surface area contributed by atoms with Crippen LogP contribution in [0.2, 0.25) is 0 Å². The molecule has 1 fully saturated rings. The third-order valence-electron chi connectivity index (χ3n) is 6.36. The van der Waals surface area contributed by atoms with Gasteiger partial charge in [-0.2, -0.15) is 0 Å². The van der Waals surface area contributed by atoms with E-state index in [-0.39, 0.29) is 11.5 Å². The van der Waals surface area contributed by atoms with Gasteiger partial charge in [0.2, 0.25) is 17.8 Å². The van der Waals surface area contributed by atoms with Crippen LogP contribution >= 0.6 is 0 Å². The van der Waals surface area contributed by atoms with Crippen molar-refractivity contribution in [2.24, 2.45) is 0 Å². The van der Waals surface area contributed by atoms with E-state index in [0.29, 0.717) is 23.2 Å². The third kappa shape index (κ3) is 4.83. The highest BCUT2D eigenvalue weighted by molar-refractivity contribution is 5.82. The molecule has 0 amide bonds. The fourth-order valence-electron chi connectivity index (χ4n) is 4.34. The Hall–Kier alpha value is -3.92. The topological polar surface area (TPSA) is 116 Å². The summed E-state index contributed by atoms with van der Waals surface area (Å²) in [5, 5.41) is 4.04. The fraction of sp³-hybridized carbons (Fsp3) is 0.360. The van der Waals surface area contributed by atoms with E-state index in [1.807, 2.05) is 39.0 Å². The predicted molar refractivity (Wildman–Crippen MR) is 137 cm³/mol. The maximum Gasteiger partial charge on any atom is 0.252 e. The molecule has 1 aromatic carbocycles. The molecule has 3 aromatic heterocycles. The van der Waals surface area contributed by atoms with E-state index in [2.05, 4.69) is 47.0 Å². The standard InChI is InChI=1S/C25H29N9O/c1-5-33-8-10-34(11-9-33)25-26-14-19(17(4)28-25)21-13-22(35)31-24(30-21)32-23-27-16(3)18-7-6-15(2)12-20(18)29-23/h6-7,12-14H,5,8-11H2,1-4H3,(H2,27,29,30,31,32,35). The first-order valence-electron chi connectivity index (χ1n) is 11.8. The minimum atomic E-state index is -0.287. The molecule has 0 bridgehead atoms. The second-order valence-electron chi connectivity index (χ2n) is 8.85. The van der Waals surface area contributed by atoms with Crippen molar-refractivity contribution in [2.45, 2.75) is 27.7 Å². The van der Waals surface area contributed by atoms with E-state index in [9.17, 15) is 4.79 Å². The van der Waals surface area contributed by atoms with Crippen molar-refractivity contribution in [3.63, 3.8) is 0 Å². The Labute approximate surface area is 203 Å². The van der Waals surface area contributed by atoms with Gasteiger partial charge in [-0.05, 0) is 38.9 Å². The number of hydrogen-bond donors (Lipinski definition) is 2. The van der Waals surface area contributed by atoms with Crippen molar-refractivity contribution in [1.82, 2.24) is 34.8 Å². The van der Waals surface area contributed by atoms with Crippen LogP contribution < -0.4 is 15.8 Å². The molecule has 1 aliphatic heterocycles. The quantitative estimate of drug-likeness (QED) is 0.453. The lowest BCUT2D eigenvalue weighted by Gasteiger charge is -2.34. The number of fused-ring (bicyclic) bond motifs is 1. The van der Waals surface area contributed by atoms with E-state index in [1.54, 1.807) is 6.20 Å². The van der Waals surface area contributed by atoms with E-state index in [4.69, 9.17) is 4.98 Å². The maximum absolute atomic E-state index is 12.5. The fourth-order valence-corrected chi connectivity index (χ4v) is 4.34.